The summed E-state index contributed by atoms with van der Waals surface area (Å²) in [6.07, 6.45) is 3.62. The van der Waals surface area contributed by atoms with Gasteiger partial charge < -0.3 is 5.32 Å². The number of aryl methyl sites for hydroxylation is 3. The molecule has 21 heavy (non-hydrogen) atoms. The smallest absolute Gasteiger partial charge is 0.161 e. The summed E-state index contributed by atoms with van der Waals surface area (Å²) in [7, 11) is 0. The van der Waals surface area contributed by atoms with E-state index < -0.39 is 0 Å². The molecule has 0 aromatic carbocycles. The molecule has 0 spiro atoms. The highest BCUT2D eigenvalue weighted by atomic mass is 15.0. The Hall–Kier alpha value is -1.81. The fourth-order valence-corrected chi connectivity index (χ4v) is 2.17. The predicted octanol–water partition coefficient (Wildman–Crippen LogP) is 3.35. The number of nitrogens with zero attached hydrogens (tertiary/aromatic N) is 3. The monoisotopic (exact) mass is 284 g/mol. The van der Waals surface area contributed by atoms with E-state index in [1.165, 1.54) is 5.56 Å². The molecule has 0 radical (unpaired) electrons. The van der Waals surface area contributed by atoms with E-state index in [1.54, 1.807) is 6.20 Å². The minimum absolute atomic E-state index is 0.0808. The normalized spacial score (nSPS) is 11.7. The molecule has 0 aliphatic carbocycles. The van der Waals surface area contributed by atoms with Gasteiger partial charge in [0.1, 0.15) is 0 Å². The lowest BCUT2D eigenvalue weighted by Gasteiger charge is -2.22. The number of rotatable bonds is 3. The molecule has 112 valence electrons. The lowest BCUT2D eigenvalue weighted by Crippen LogP contribution is -2.35. The first-order chi connectivity index (χ1) is 9.78. The molecule has 0 bridgehead atoms. The number of hydrogen-bond donors (Lipinski definition) is 1. The van der Waals surface area contributed by atoms with Crippen molar-refractivity contribution in [3.05, 3.63) is 41.0 Å². The third kappa shape index (κ3) is 3.85. The Balaban J connectivity index is 2.36. The molecule has 0 amide bonds. The zero-order chi connectivity index (χ0) is 15.6. The Labute approximate surface area is 127 Å². The minimum Gasteiger partial charge on any atom is -0.308 e. The van der Waals surface area contributed by atoms with Crippen LogP contribution in [0.15, 0.2) is 18.5 Å². The lowest BCUT2D eigenvalue weighted by molar-refractivity contribution is 0.422. The second-order valence-corrected chi connectivity index (χ2v) is 6.49. The van der Waals surface area contributed by atoms with Gasteiger partial charge in [0.05, 0.1) is 0 Å². The van der Waals surface area contributed by atoms with Gasteiger partial charge >= 0.3 is 0 Å². The zero-order valence-corrected chi connectivity index (χ0v) is 13.8. The summed E-state index contributed by atoms with van der Waals surface area (Å²) < 4.78 is 0. The molecule has 0 fully saturated rings. The molecule has 4 heteroatoms. The van der Waals surface area contributed by atoms with Crippen molar-refractivity contribution in [2.75, 3.05) is 0 Å². The minimum atomic E-state index is 0.0808. The fourth-order valence-electron chi connectivity index (χ4n) is 2.17. The summed E-state index contributed by atoms with van der Waals surface area (Å²) in [5, 5.41) is 3.50. The molecule has 0 aliphatic rings. The van der Waals surface area contributed by atoms with E-state index >= 15 is 0 Å². The van der Waals surface area contributed by atoms with Crippen LogP contribution in [-0.2, 0) is 6.54 Å². The van der Waals surface area contributed by atoms with Crippen LogP contribution in [0.1, 0.15) is 43.3 Å². The summed E-state index contributed by atoms with van der Waals surface area (Å²) in [5.41, 5.74) is 5.45. The Bertz CT molecular complexity index is 618. The maximum Gasteiger partial charge on any atom is 0.161 e. The van der Waals surface area contributed by atoms with Gasteiger partial charge in [0, 0.05) is 47.0 Å². The first-order valence-corrected chi connectivity index (χ1v) is 7.28. The van der Waals surface area contributed by atoms with E-state index in [0.717, 1.165) is 34.9 Å². The van der Waals surface area contributed by atoms with Gasteiger partial charge in [-0.1, -0.05) is 0 Å². The second kappa shape index (κ2) is 5.90. The molecule has 0 saturated heterocycles. The van der Waals surface area contributed by atoms with Crippen LogP contribution in [0, 0.1) is 20.8 Å². The van der Waals surface area contributed by atoms with Crippen molar-refractivity contribution in [3.8, 4) is 11.4 Å². The molecule has 0 aliphatic heterocycles. The predicted molar refractivity (Wildman–Crippen MR) is 86.1 cm³/mol. The quantitative estimate of drug-likeness (QED) is 0.939. The van der Waals surface area contributed by atoms with Crippen molar-refractivity contribution in [1.82, 2.24) is 20.3 Å². The highest BCUT2D eigenvalue weighted by Crippen LogP contribution is 2.21. The molecule has 0 unspecified atom stereocenters. The summed E-state index contributed by atoms with van der Waals surface area (Å²) in [4.78, 5) is 13.5. The summed E-state index contributed by atoms with van der Waals surface area (Å²) >= 11 is 0. The van der Waals surface area contributed by atoms with Gasteiger partial charge in [0.15, 0.2) is 5.82 Å². The molecule has 2 aromatic rings. The molecule has 2 aromatic heterocycles. The third-order valence-electron chi connectivity index (χ3n) is 3.50. The number of hydrogen-bond acceptors (Lipinski definition) is 4. The summed E-state index contributed by atoms with van der Waals surface area (Å²) in [5.74, 6) is 0.759. The Morgan fingerprint density at radius 1 is 1.05 bits per heavy atom. The van der Waals surface area contributed by atoms with Crippen LogP contribution in [0.25, 0.3) is 11.4 Å². The number of pyridine rings is 1. The van der Waals surface area contributed by atoms with Crippen molar-refractivity contribution in [3.63, 3.8) is 0 Å². The van der Waals surface area contributed by atoms with Crippen LogP contribution in [0.3, 0.4) is 0 Å². The van der Waals surface area contributed by atoms with Gasteiger partial charge in [0.25, 0.3) is 0 Å². The van der Waals surface area contributed by atoms with Crippen LogP contribution in [0.5, 0.6) is 0 Å². The Morgan fingerprint density at radius 3 is 2.19 bits per heavy atom. The van der Waals surface area contributed by atoms with Gasteiger partial charge in [-0.25, -0.2) is 9.97 Å². The average Bonchev–Trinajstić information content (AvgIpc) is 2.36. The van der Waals surface area contributed by atoms with Gasteiger partial charge in [-0.15, -0.1) is 0 Å². The zero-order valence-electron chi connectivity index (χ0n) is 13.8. The van der Waals surface area contributed by atoms with Crippen molar-refractivity contribution in [2.45, 2.75) is 53.6 Å². The highest BCUT2D eigenvalue weighted by Gasteiger charge is 2.14. The maximum atomic E-state index is 4.67. The van der Waals surface area contributed by atoms with E-state index in [1.807, 2.05) is 26.1 Å². The molecule has 4 nitrogen and oxygen atoms in total. The van der Waals surface area contributed by atoms with E-state index in [4.69, 9.17) is 0 Å². The molecule has 0 saturated carbocycles. The Morgan fingerprint density at radius 2 is 1.67 bits per heavy atom. The van der Waals surface area contributed by atoms with Crippen LogP contribution < -0.4 is 5.32 Å². The molecular formula is C17H24N4. The van der Waals surface area contributed by atoms with Crippen LogP contribution in [0.4, 0.5) is 0 Å². The van der Waals surface area contributed by atoms with Gasteiger partial charge in [0.2, 0.25) is 0 Å². The van der Waals surface area contributed by atoms with Crippen molar-refractivity contribution < 1.29 is 0 Å². The van der Waals surface area contributed by atoms with Crippen molar-refractivity contribution in [1.29, 1.82) is 0 Å². The average molecular weight is 284 g/mol. The molecular weight excluding hydrogens is 260 g/mol. The number of aromatic nitrogens is 3. The summed E-state index contributed by atoms with van der Waals surface area (Å²) in [6.45, 7) is 13.4. The van der Waals surface area contributed by atoms with Crippen molar-refractivity contribution in [2.24, 2.45) is 0 Å². The summed E-state index contributed by atoms with van der Waals surface area (Å²) in [6, 6.07) is 1.98. The van der Waals surface area contributed by atoms with E-state index in [2.05, 4.69) is 48.0 Å². The van der Waals surface area contributed by atoms with E-state index in [9.17, 15) is 0 Å². The topological polar surface area (TPSA) is 50.7 Å². The highest BCUT2D eigenvalue weighted by molar-refractivity contribution is 5.58. The van der Waals surface area contributed by atoms with Crippen LogP contribution in [0.2, 0.25) is 0 Å². The van der Waals surface area contributed by atoms with Gasteiger partial charge in [-0.05, 0) is 53.2 Å². The molecule has 2 rings (SSSR count). The molecule has 2 heterocycles. The molecule has 1 N–H and O–H groups in total. The van der Waals surface area contributed by atoms with Gasteiger partial charge in [-0.2, -0.15) is 0 Å². The SMILES string of the molecule is Cc1ccncc1-c1nc(C)c(CNC(C)(C)C)c(C)n1. The lowest BCUT2D eigenvalue weighted by atomic mass is 10.1. The fraction of sp³-hybridized carbons (Fsp3) is 0.471. The first-order valence-electron chi connectivity index (χ1n) is 7.28. The maximum absolute atomic E-state index is 4.67. The third-order valence-corrected chi connectivity index (χ3v) is 3.50. The van der Waals surface area contributed by atoms with Crippen molar-refractivity contribution >= 4 is 0 Å². The van der Waals surface area contributed by atoms with Gasteiger partial charge in [-0.3, -0.25) is 4.98 Å². The van der Waals surface area contributed by atoms with E-state index in [-0.39, 0.29) is 5.54 Å². The first kappa shape index (κ1) is 15.6. The van der Waals surface area contributed by atoms with Crippen LogP contribution >= 0.6 is 0 Å². The largest absolute Gasteiger partial charge is 0.308 e. The van der Waals surface area contributed by atoms with Crippen LogP contribution in [-0.4, -0.2) is 20.5 Å². The second-order valence-electron chi connectivity index (χ2n) is 6.49. The standard InChI is InChI=1S/C17H24N4/c1-11-7-8-18-9-14(11)16-20-12(2)15(13(3)21-16)10-19-17(4,5)6/h7-9,19H,10H2,1-6H3. The van der Waals surface area contributed by atoms with E-state index in [0.29, 0.717) is 0 Å². The Kier molecular flexibility index (Phi) is 4.37. The molecule has 0 atom stereocenters. The number of nitrogens with one attached hydrogen (secondary N) is 1.